The van der Waals surface area contributed by atoms with E-state index in [1.54, 1.807) is 0 Å². The lowest BCUT2D eigenvalue weighted by atomic mass is 9.96. The summed E-state index contributed by atoms with van der Waals surface area (Å²) in [5.41, 5.74) is 7.50. The lowest BCUT2D eigenvalue weighted by Crippen LogP contribution is -2.12. The summed E-state index contributed by atoms with van der Waals surface area (Å²) in [6.07, 6.45) is 0. The van der Waals surface area contributed by atoms with Gasteiger partial charge in [0.05, 0.1) is 16.7 Å². The number of benzene rings is 5. The Hall–Kier alpha value is -4.17. The zero-order chi connectivity index (χ0) is 22.5. The second-order valence-corrected chi connectivity index (χ2v) is 8.75. The van der Waals surface area contributed by atoms with Crippen LogP contribution in [0, 0.1) is 13.8 Å². The SMILES string of the molecule is Cc1ccc2c(c1)c(=O)c1cc(C)ccc1n2-c1c(-c2ccccc2)ccc2ccccc12. The lowest BCUT2D eigenvalue weighted by Gasteiger charge is -2.21. The number of aryl methyl sites for hydroxylation is 2. The third-order valence-electron chi connectivity index (χ3n) is 6.48. The molecule has 0 fully saturated rings. The van der Waals surface area contributed by atoms with Crippen LogP contribution in [-0.4, -0.2) is 4.57 Å². The van der Waals surface area contributed by atoms with E-state index in [1.165, 1.54) is 5.39 Å². The highest BCUT2D eigenvalue weighted by Crippen LogP contribution is 2.37. The maximum absolute atomic E-state index is 13.6. The van der Waals surface area contributed by atoms with E-state index in [0.29, 0.717) is 0 Å². The molecular weight excluding hydrogens is 402 g/mol. The molecule has 0 bridgehead atoms. The Morgan fingerprint density at radius 1 is 0.576 bits per heavy atom. The predicted molar refractivity (Wildman–Crippen MR) is 139 cm³/mol. The van der Waals surface area contributed by atoms with Crippen molar-refractivity contribution in [2.45, 2.75) is 13.8 Å². The van der Waals surface area contributed by atoms with Crippen molar-refractivity contribution in [3.63, 3.8) is 0 Å². The van der Waals surface area contributed by atoms with Gasteiger partial charge in [0, 0.05) is 21.7 Å². The number of aromatic nitrogens is 1. The summed E-state index contributed by atoms with van der Waals surface area (Å²) < 4.78 is 2.29. The highest BCUT2D eigenvalue weighted by Gasteiger charge is 2.18. The molecule has 1 heterocycles. The van der Waals surface area contributed by atoms with Crippen LogP contribution in [0.15, 0.2) is 108 Å². The summed E-state index contributed by atoms with van der Waals surface area (Å²) >= 11 is 0. The third kappa shape index (κ3) is 3.07. The first-order chi connectivity index (χ1) is 16.1. The predicted octanol–water partition coefficient (Wildman–Crippen LogP) is 7.58. The fourth-order valence-corrected chi connectivity index (χ4v) is 4.92. The maximum Gasteiger partial charge on any atom is 0.197 e. The topological polar surface area (TPSA) is 22.0 Å². The molecule has 33 heavy (non-hydrogen) atoms. The van der Waals surface area contributed by atoms with Crippen LogP contribution >= 0.6 is 0 Å². The fraction of sp³-hybridized carbons (Fsp3) is 0.0645. The van der Waals surface area contributed by atoms with Gasteiger partial charge in [-0.2, -0.15) is 0 Å². The van der Waals surface area contributed by atoms with Gasteiger partial charge in [0.1, 0.15) is 0 Å². The molecule has 2 nitrogen and oxygen atoms in total. The molecule has 0 radical (unpaired) electrons. The molecule has 0 aliphatic carbocycles. The lowest BCUT2D eigenvalue weighted by molar-refractivity contribution is 1.17. The molecule has 5 aromatic carbocycles. The molecule has 0 aliphatic rings. The highest BCUT2D eigenvalue weighted by atomic mass is 16.1. The van der Waals surface area contributed by atoms with Gasteiger partial charge in [-0.15, -0.1) is 0 Å². The van der Waals surface area contributed by atoms with Crippen LogP contribution in [0.1, 0.15) is 11.1 Å². The van der Waals surface area contributed by atoms with Crippen LogP contribution in [-0.2, 0) is 0 Å². The van der Waals surface area contributed by atoms with Crippen molar-refractivity contribution in [3.05, 3.63) is 124 Å². The second-order valence-electron chi connectivity index (χ2n) is 8.75. The minimum absolute atomic E-state index is 0.0881. The first-order valence-electron chi connectivity index (χ1n) is 11.2. The molecule has 0 unspecified atom stereocenters. The van der Waals surface area contributed by atoms with Gasteiger partial charge in [-0.1, -0.05) is 90.0 Å². The molecule has 6 rings (SSSR count). The zero-order valence-electron chi connectivity index (χ0n) is 18.7. The molecule has 0 amide bonds. The Bertz CT molecular complexity index is 1680. The van der Waals surface area contributed by atoms with Crippen LogP contribution in [0.25, 0.3) is 49.4 Å². The van der Waals surface area contributed by atoms with E-state index in [1.807, 2.05) is 32.0 Å². The average Bonchev–Trinajstić information content (AvgIpc) is 2.85. The van der Waals surface area contributed by atoms with E-state index in [9.17, 15) is 4.79 Å². The number of pyridine rings is 1. The van der Waals surface area contributed by atoms with Crippen LogP contribution in [0.4, 0.5) is 0 Å². The van der Waals surface area contributed by atoms with Crippen LogP contribution in [0.5, 0.6) is 0 Å². The van der Waals surface area contributed by atoms with Crippen molar-refractivity contribution in [1.29, 1.82) is 0 Å². The summed E-state index contributed by atoms with van der Waals surface area (Å²) in [7, 11) is 0. The molecule has 0 saturated carbocycles. The highest BCUT2D eigenvalue weighted by molar-refractivity contribution is 6.03. The number of hydrogen-bond donors (Lipinski definition) is 0. The second kappa shape index (κ2) is 7.46. The minimum Gasteiger partial charge on any atom is -0.308 e. The van der Waals surface area contributed by atoms with E-state index in [4.69, 9.17) is 0 Å². The Kier molecular flexibility index (Phi) is 4.41. The zero-order valence-corrected chi connectivity index (χ0v) is 18.7. The average molecular weight is 426 g/mol. The van der Waals surface area contributed by atoms with Gasteiger partial charge in [-0.05, 0) is 49.1 Å². The Morgan fingerprint density at radius 2 is 1.18 bits per heavy atom. The van der Waals surface area contributed by atoms with Gasteiger partial charge < -0.3 is 4.57 Å². The Morgan fingerprint density at radius 3 is 1.85 bits per heavy atom. The summed E-state index contributed by atoms with van der Waals surface area (Å²) in [5.74, 6) is 0. The Balaban J connectivity index is 1.90. The van der Waals surface area contributed by atoms with Gasteiger partial charge >= 0.3 is 0 Å². The Labute approximate surface area is 192 Å². The van der Waals surface area contributed by atoms with Gasteiger partial charge in [0.15, 0.2) is 5.43 Å². The van der Waals surface area contributed by atoms with E-state index < -0.39 is 0 Å². The first-order valence-corrected chi connectivity index (χ1v) is 11.2. The molecule has 6 aromatic rings. The van der Waals surface area contributed by atoms with Crippen molar-refractivity contribution in [2.24, 2.45) is 0 Å². The molecule has 0 saturated heterocycles. The molecule has 0 spiro atoms. The van der Waals surface area contributed by atoms with E-state index in [-0.39, 0.29) is 5.43 Å². The van der Waals surface area contributed by atoms with Gasteiger partial charge in [0.2, 0.25) is 0 Å². The maximum atomic E-state index is 13.6. The van der Waals surface area contributed by atoms with E-state index in [2.05, 4.69) is 89.5 Å². The summed E-state index contributed by atoms with van der Waals surface area (Å²) in [4.78, 5) is 13.6. The van der Waals surface area contributed by atoms with Crippen LogP contribution in [0.3, 0.4) is 0 Å². The number of hydrogen-bond acceptors (Lipinski definition) is 1. The number of fused-ring (bicyclic) bond motifs is 3. The van der Waals surface area contributed by atoms with Crippen LogP contribution < -0.4 is 5.43 Å². The van der Waals surface area contributed by atoms with Crippen molar-refractivity contribution < 1.29 is 0 Å². The first kappa shape index (κ1) is 19.5. The summed E-state index contributed by atoms with van der Waals surface area (Å²) in [6, 6.07) is 35.7. The normalized spacial score (nSPS) is 11.5. The summed E-state index contributed by atoms with van der Waals surface area (Å²) in [5, 5.41) is 3.83. The van der Waals surface area contributed by atoms with Crippen LogP contribution in [0.2, 0.25) is 0 Å². The fourth-order valence-electron chi connectivity index (χ4n) is 4.92. The molecular formula is C31H23NO. The molecule has 158 valence electrons. The quantitative estimate of drug-likeness (QED) is 0.262. The largest absolute Gasteiger partial charge is 0.308 e. The smallest absolute Gasteiger partial charge is 0.197 e. The number of rotatable bonds is 2. The van der Waals surface area contributed by atoms with Crippen molar-refractivity contribution in [2.75, 3.05) is 0 Å². The standard InChI is InChI=1S/C31H23NO/c1-20-12-16-28-26(18-20)31(33)27-19-21(2)13-17-29(27)32(28)30-24-11-7-6-10-23(24)14-15-25(30)22-8-4-3-5-9-22/h3-19H,1-2H3. The van der Waals surface area contributed by atoms with Gasteiger partial charge in [0.25, 0.3) is 0 Å². The molecule has 2 heteroatoms. The van der Waals surface area contributed by atoms with Crippen molar-refractivity contribution >= 4 is 32.6 Å². The van der Waals surface area contributed by atoms with E-state index >= 15 is 0 Å². The molecule has 1 aromatic heterocycles. The van der Waals surface area contributed by atoms with Crippen molar-refractivity contribution in [1.82, 2.24) is 4.57 Å². The van der Waals surface area contributed by atoms with E-state index in [0.717, 1.165) is 55.1 Å². The number of nitrogens with zero attached hydrogens (tertiary/aromatic N) is 1. The molecule has 0 N–H and O–H groups in total. The van der Waals surface area contributed by atoms with Gasteiger partial charge in [-0.25, -0.2) is 0 Å². The third-order valence-corrected chi connectivity index (χ3v) is 6.48. The van der Waals surface area contributed by atoms with Gasteiger partial charge in [-0.3, -0.25) is 4.79 Å². The summed E-state index contributed by atoms with van der Waals surface area (Å²) in [6.45, 7) is 4.08. The molecule has 0 aliphatic heterocycles. The van der Waals surface area contributed by atoms with Crippen molar-refractivity contribution in [3.8, 4) is 16.8 Å². The minimum atomic E-state index is 0.0881. The monoisotopic (exact) mass is 425 g/mol. The molecule has 0 atom stereocenters.